The lowest BCUT2D eigenvalue weighted by Crippen LogP contribution is -2.72. The summed E-state index contributed by atoms with van der Waals surface area (Å²) >= 11 is 0. The van der Waals surface area contributed by atoms with Crippen molar-refractivity contribution < 1.29 is 0 Å². The van der Waals surface area contributed by atoms with Crippen molar-refractivity contribution in [3.8, 4) is 29.0 Å². The fourth-order valence-corrected chi connectivity index (χ4v) is 12.2. The van der Waals surface area contributed by atoms with Crippen molar-refractivity contribution in [2.75, 3.05) is 0 Å². The number of hydrogen-bond acceptors (Lipinski definition) is 2. The summed E-state index contributed by atoms with van der Waals surface area (Å²) in [6.45, 7) is 0. The van der Waals surface area contributed by atoms with Crippen molar-refractivity contribution >= 4 is 50.6 Å². The molecule has 1 aliphatic heterocycles. The van der Waals surface area contributed by atoms with Crippen LogP contribution in [-0.2, 0) is 0 Å². The van der Waals surface area contributed by atoms with E-state index in [0.717, 1.165) is 22.1 Å². The van der Waals surface area contributed by atoms with Gasteiger partial charge in [-0.3, -0.25) is 0 Å². The average molecular weight is 550 g/mol. The Labute approximate surface area is 244 Å². The third-order valence-electron chi connectivity index (χ3n) is 8.75. The Bertz CT molecular complexity index is 2230. The summed E-state index contributed by atoms with van der Waals surface area (Å²) in [6, 6.07) is 54.1. The highest BCUT2D eigenvalue weighted by Gasteiger charge is 2.48. The van der Waals surface area contributed by atoms with Gasteiger partial charge in [-0.05, 0) is 62.2 Å². The van der Waals surface area contributed by atoms with Crippen molar-refractivity contribution in [1.82, 2.24) is 4.57 Å². The molecule has 0 spiro atoms. The molecule has 3 nitrogen and oxygen atoms in total. The highest BCUT2D eigenvalue weighted by Crippen LogP contribution is 2.37. The zero-order valence-corrected chi connectivity index (χ0v) is 23.6. The van der Waals surface area contributed by atoms with Crippen LogP contribution in [0.15, 0.2) is 140 Å². The first-order chi connectivity index (χ1) is 20.8. The number of hydrogen-bond donors (Lipinski definition) is 0. The van der Waals surface area contributed by atoms with Gasteiger partial charge in [-0.1, -0.05) is 109 Å². The van der Waals surface area contributed by atoms with Gasteiger partial charge in [-0.25, -0.2) is 0 Å². The predicted molar refractivity (Wildman–Crippen MR) is 173 cm³/mol. The van der Waals surface area contributed by atoms with Gasteiger partial charge in [-0.15, -0.1) is 0 Å². The fourth-order valence-electron chi connectivity index (χ4n) is 7.04. The number of benzene rings is 6. The Hall–Kier alpha value is -5.68. The molecule has 42 heavy (non-hydrogen) atoms. The van der Waals surface area contributed by atoms with E-state index < -0.39 is 8.07 Å². The lowest BCUT2D eigenvalue weighted by molar-refractivity contribution is 1.17. The van der Waals surface area contributed by atoms with Gasteiger partial charge in [-0.2, -0.15) is 10.5 Å². The van der Waals surface area contributed by atoms with Crippen molar-refractivity contribution in [2.45, 2.75) is 0 Å². The molecule has 0 N–H and O–H groups in total. The maximum absolute atomic E-state index is 9.80. The quantitative estimate of drug-likeness (QED) is 0.258. The number of nitriles is 2. The van der Waals surface area contributed by atoms with E-state index in [1.807, 2.05) is 12.1 Å². The molecular weight excluding hydrogens is 527 g/mol. The molecule has 4 heteroatoms. The van der Waals surface area contributed by atoms with E-state index in [2.05, 4.69) is 138 Å². The molecule has 0 bridgehead atoms. The van der Waals surface area contributed by atoms with Crippen LogP contribution in [0.3, 0.4) is 0 Å². The Balaban J connectivity index is 1.54. The molecule has 7 aromatic rings. The van der Waals surface area contributed by atoms with Crippen LogP contribution in [0.25, 0.3) is 38.6 Å². The van der Waals surface area contributed by atoms with Crippen LogP contribution in [0, 0.1) is 22.7 Å². The van der Waals surface area contributed by atoms with Crippen molar-refractivity contribution in [3.63, 3.8) is 0 Å². The highest BCUT2D eigenvalue weighted by molar-refractivity contribution is 7.22. The van der Waals surface area contributed by atoms with Gasteiger partial charge in [0.1, 0.15) is 12.1 Å². The van der Waals surface area contributed by atoms with Gasteiger partial charge in [0.25, 0.3) is 0 Å². The summed E-state index contributed by atoms with van der Waals surface area (Å²) in [6.07, 6.45) is 0. The van der Waals surface area contributed by atoms with Crippen molar-refractivity contribution in [1.29, 1.82) is 10.5 Å². The van der Waals surface area contributed by atoms with Gasteiger partial charge >= 0.3 is 0 Å². The van der Waals surface area contributed by atoms with E-state index in [1.54, 1.807) is 6.07 Å². The molecule has 1 aliphatic rings. The Morgan fingerprint density at radius 1 is 0.476 bits per heavy atom. The largest absolute Gasteiger partial charge is 0.309 e. The molecule has 0 fully saturated rings. The number of rotatable bonds is 3. The molecular formula is C38H23N3Si. The minimum absolute atomic E-state index is 0.381. The summed E-state index contributed by atoms with van der Waals surface area (Å²) in [4.78, 5) is 0. The summed E-state index contributed by atoms with van der Waals surface area (Å²) < 4.78 is 2.24. The lowest BCUT2D eigenvalue weighted by Gasteiger charge is -2.31. The number of nitrogens with zero attached hydrogens (tertiary/aromatic N) is 3. The van der Waals surface area contributed by atoms with Gasteiger partial charge in [0.05, 0.1) is 22.2 Å². The van der Waals surface area contributed by atoms with Gasteiger partial charge in [0.2, 0.25) is 0 Å². The van der Waals surface area contributed by atoms with E-state index in [4.69, 9.17) is 0 Å². The lowest BCUT2D eigenvalue weighted by atomic mass is 10.0. The molecule has 0 radical (unpaired) electrons. The topological polar surface area (TPSA) is 52.5 Å². The van der Waals surface area contributed by atoms with Crippen molar-refractivity contribution in [2.24, 2.45) is 0 Å². The minimum atomic E-state index is -2.62. The van der Waals surface area contributed by atoms with Gasteiger partial charge in [0, 0.05) is 16.5 Å². The third kappa shape index (κ3) is 3.19. The van der Waals surface area contributed by atoms with Gasteiger partial charge < -0.3 is 4.57 Å². The highest BCUT2D eigenvalue weighted by atomic mass is 28.3. The molecule has 2 heterocycles. The SMILES string of the molecule is N#Cc1ccc(-n2c3ccccc3c3cc4c(cc32)-c2ccccc2[Si]4(c2ccccc2)c2ccccc2)cc1C#N. The first-order valence-electron chi connectivity index (χ1n) is 14.0. The molecule has 6 aromatic carbocycles. The fraction of sp³-hybridized carbons (Fsp3) is 0. The van der Waals surface area contributed by atoms with E-state index in [0.29, 0.717) is 11.1 Å². The normalized spacial score (nSPS) is 12.9. The predicted octanol–water partition coefficient (Wildman–Crippen LogP) is 5.88. The first-order valence-corrected chi connectivity index (χ1v) is 16.0. The maximum Gasteiger partial charge on any atom is 0.180 e. The maximum atomic E-state index is 9.80. The molecule has 0 unspecified atom stereocenters. The number of para-hydroxylation sites is 1. The summed E-state index contributed by atoms with van der Waals surface area (Å²) in [5.41, 5.74) is 6.34. The Morgan fingerprint density at radius 3 is 1.83 bits per heavy atom. The summed E-state index contributed by atoms with van der Waals surface area (Å²) in [7, 11) is -2.62. The van der Waals surface area contributed by atoms with Crippen LogP contribution in [0.5, 0.6) is 0 Å². The van der Waals surface area contributed by atoms with Crippen LogP contribution in [0.2, 0.25) is 0 Å². The Kier molecular flexibility index (Phi) is 5.28. The van der Waals surface area contributed by atoms with Crippen LogP contribution in [0.1, 0.15) is 11.1 Å². The third-order valence-corrected chi connectivity index (χ3v) is 13.6. The number of fused-ring (bicyclic) bond motifs is 6. The van der Waals surface area contributed by atoms with E-state index in [9.17, 15) is 10.5 Å². The molecule has 0 saturated carbocycles. The monoisotopic (exact) mass is 549 g/mol. The molecule has 0 aliphatic carbocycles. The molecule has 0 atom stereocenters. The standard InChI is InChI=1S/C38H23N3Si/c39-24-26-19-20-28(21-27(26)25-40)41-35-17-9-7-15-31(35)33-23-38-34(22-36(33)41)32-16-8-10-18-37(32)42(38,29-11-3-1-4-12-29)30-13-5-2-6-14-30/h1-23H. The van der Waals surface area contributed by atoms with E-state index in [-0.39, 0.29) is 0 Å². The second-order valence-electron chi connectivity index (χ2n) is 10.7. The molecule has 194 valence electrons. The molecule has 0 amide bonds. The van der Waals surface area contributed by atoms with E-state index in [1.165, 1.54) is 37.3 Å². The second-order valence-corrected chi connectivity index (χ2v) is 14.5. The van der Waals surface area contributed by atoms with Crippen LogP contribution >= 0.6 is 0 Å². The minimum Gasteiger partial charge on any atom is -0.309 e. The Morgan fingerprint density at radius 2 is 1.12 bits per heavy atom. The van der Waals surface area contributed by atoms with Crippen LogP contribution in [0.4, 0.5) is 0 Å². The van der Waals surface area contributed by atoms with Gasteiger partial charge in [0.15, 0.2) is 8.07 Å². The molecule has 0 saturated heterocycles. The summed E-state index contributed by atoms with van der Waals surface area (Å²) in [5.74, 6) is 0. The zero-order chi connectivity index (χ0) is 28.3. The smallest absolute Gasteiger partial charge is 0.180 e. The molecule has 8 rings (SSSR count). The zero-order valence-electron chi connectivity index (χ0n) is 22.6. The second kappa shape index (κ2) is 9.18. The van der Waals surface area contributed by atoms with Crippen molar-refractivity contribution in [3.05, 3.63) is 151 Å². The van der Waals surface area contributed by atoms with Crippen LogP contribution < -0.4 is 20.7 Å². The van der Waals surface area contributed by atoms with Crippen LogP contribution in [-0.4, -0.2) is 12.6 Å². The molecule has 1 aromatic heterocycles. The number of aromatic nitrogens is 1. The van der Waals surface area contributed by atoms with E-state index >= 15 is 0 Å². The first kappa shape index (κ1) is 24.1. The average Bonchev–Trinajstić information content (AvgIpc) is 3.54. The summed E-state index contributed by atoms with van der Waals surface area (Å²) in [5, 5.41) is 27.2.